The average molecular weight is 102 g/mol. The minimum absolute atomic E-state index is 0. The van der Waals surface area contributed by atoms with Crippen LogP contribution in [0.25, 0.3) is 0 Å². The predicted molar refractivity (Wildman–Crippen MR) is 12.9 cm³/mol. The summed E-state index contributed by atoms with van der Waals surface area (Å²) in [5.41, 5.74) is 0. The normalized spacial score (nSPS) is 14.4. The minimum atomic E-state index is 0. The molecule has 0 aliphatic carbocycles. The van der Waals surface area contributed by atoms with E-state index in [-0.39, 0.29) is 42.0 Å². The molecular formula is C2H5ClNNa. The van der Waals surface area contributed by atoms with E-state index in [0.29, 0.717) is 0 Å². The zero-order valence-corrected chi connectivity index (χ0v) is 6.05. The Balaban J connectivity index is 0. The fourth-order valence-electron chi connectivity index (χ4n) is 0. The van der Waals surface area contributed by atoms with Crippen LogP contribution in [0.2, 0.25) is 0 Å². The van der Waals surface area contributed by atoms with Gasteiger partial charge in [-0.2, -0.15) is 0 Å². The van der Waals surface area contributed by atoms with E-state index in [1.54, 1.807) is 0 Å². The molecule has 0 radical (unpaired) electrons. The Labute approximate surface area is 60.2 Å². The summed E-state index contributed by atoms with van der Waals surface area (Å²) in [5.74, 6) is 0. The van der Waals surface area contributed by atoms with Crippen molar-refractivity contribution in [1.82, 2.24) is 5.32 Å². The summed E-state index contributed by atoms with van der Waals surface area (Å²) in [5, 5.41) is 3.00. The van der Waals surface area contributed by atoms with Crippen molar-refractivity contribution in [3.05, 3.63) is 0 Å². The van der Waals surface area contributed by atoms with E-state index in [2.05, 4.69) is 5.32 Å². The summed E-state index contributed by atoms with van der Waals surface area (Å²) in [6.07, 6.45) is 0. The Morgan fingerprint density at radius 3 is 1.40 bits per heavy atom. The Morgan fingerprint density at radius 2 is 1.40 bits per heavy atom. The monoisotopic (exact) mass is 101 g/mol. The van der Waals surface area contributed by atoms with Crippen LogP contribution in [0.15, 0.2) is 0 Å². The number of hydrogen-bond donors (Lipinski definition) is 1. The van der Waals surface area contributed by atoms with Gasteiger partial charge in [0.2, 0.25) is 0 Å². The molecule has 0 atom stereocenters. The molecule has 0 bridgehead atoms. The molecule has 0 aromatic rings. The quantitative estimate of drug-likeness (QED) is 0.238. The molecule has 0 amide bonds. The molecule has 1 nitrogen and oxygen atoms in total. The zero-order valence-electron chi connectivity index (χ0n) is 3.29. The van der Waals surface area contributed by atoms with Crippen molar-refractivity contribution in [3.8, 4) is 0 Å². The first-order chi connectivity index (χ1) is 1.50. The molecule has 1 rings (SSSR count). The van der Waals surface area contributed by atoms with Crippen molar-refractivity contribution in [2.45, 2.75) is 0 Å². The molecule has 3 heteroatoms. The van der Waals surface area contributed by atoms with Crippen molar-refractivity contribution in [2.24, 2.45) is 0 Å². The van der Waals surface area contributed by atoms with Gasteiger partial charge in [0.05, 0.1) is 0 Å². The van der Waals surface area contributed by atoms with Gasteiger partial charge in [-0.1, -0.05) is 0 Å². The molecule has 0 unspecified atom stereocenters. The number of nitrogens with one attached hydrogen (secondary N) is 1. The first-order valence-electron chi connectivity index (χ1n) is 1.21. The fraction of sp³-hybridized carbons (Fsp3) is 1.00. The summed E-state index contributed by atoms with van der Waals surface area (Å²) >= 11 is 0. The number of hydrogen-bond acceptors (Lipinski definition) is 1. The smallest absolute Gasteiger partial charge is 1.00 e. The molecule has 0 saturated carbocycles. The minimum Gasteiger partial charge on any atom is -1.00 e. The molecule has 1 saturated heterocycles. The third-order valence-electron chi connectivity index (χ3n) is 0.250. The first-order valence-corrected chi connectivity index (χ1v) is 1.21. The molecule has 1 aliphatic rings. The summed E-state index contributed by atoms with van der Waals surface area (Å²) < 4.78 is 0. The van der Waals surface area contributed by atoms with Gasteiger partial charge in [-0.15, -0.1) is 0 Å². The van der Waals surface area contributed by atoms with Crippen LogP contribution in [0, 0.1) is 0 Å². The van der Waals surface area contributed by atoms with Gasteiger partial charge in [-0.3, -0.25) is 0 Å². The number of rotatable bonds is 0. The summed E-state index contributed by atoms with van der Waals surface area (Å²) in [7, 11) is 0. The van der Waals surface area contributed by atoms with Crippen molar-refractivity contribution < 1.29 is 42.0 Å². The third kappa shape index (κ3) is 11.0. The largest absolute Gasteiger partial charge is 1.00 e. The maximum Gasteiger partial charge on any atom is 1.00 e. The van der Waals surface area contributed by atoms with E-state index in [4.69, 9.17) is 0 Å². The molecule has 1 aliphatic heterocycles. The maximum absolute atomic E-state index is 3.00. The van der Waals surface area contributed by atoms with Gasteiger partial charge in [-0.25, -0.2) is 0 Å². The van der Waals surface area contributed by atoms with Crippen molar-refractivity contribution in [3.63, 3.8) is 0 Å². The maximum atomic E-state index is 3.00. The van der Waals surface area contributed by atoms with Crippen LogP contribution in [-0.2, 0) is 0 Å². The van der Waals surface area contributed by atoms with E-state index in [0.717, 1.165) is 0 Å². The van der Waals surface area contributed by atoms with Gasteiger partial charge < -0.3 is 17.7 Å². The van der Waals surface area contributed by atoms with Crippen molar-refractivity contribution in [2.75, 3.05) is 13.1 Å². The van der Waals surface area contributed by atoms with Crippen molar-refractivity contribution >= 4 is 0 Å². The molecule has 1 N–H and O–H groups in total. The molecule has 26 valence electrons. The predicted octanol–water partition coefficient (Wildman–Crippen LogP) is -6.40. The third-order valence-corrected chi connectivity index (χ3v) is 0.250. The Morgan fingerprint density at radius 1 is 1.20 bits per heavy atom. The number of halogens is 1. The van der Waals surface area contributed by atoms with Crippen LogP contribution < -0.4 is 47.3 Å². The van der Waals surface area contributed by atoms with Gasteiger partial charge in [-0.05, 0) is 0 Å². The molecule has 0 aromatic carbocycles. The van der Waals surface area contributed by atoms with Gasteiger partial charge in [0, 0.05) is 13.1 Å². The van der Waals surface area contributed by atoms with E-state index in [1.807, 2.05) is 0 Å². The van der Waals surface area contributed by atoms with E-state index >= 15 is 0 Å². The zero-order chi connectivity index (χ0) is 2.12. The Kier molecular flexibility index (Phi) is 10.0. The molecular weight excluding hydrogens is 96.5 g/mol. The van der Waals surface area contributed by atoms with Gasteiger partial charge in [0.25, 0.3) is 0 Å². The second kappa shape index (κ2) is 5.25. The average Bonchev–Trinajstić information content (AvgIpc) is 1.46. The van der Waals surface area contributed by atoms with E-state index < -0.39 is 0 Å². The Hall–Kier alpha value is 1.25. The fourth-order valence-corrected chi connectivity index (χ4v) is 0. The van der Waals surface area contributed by atoms with Crippen LogP contribution in [0.5, 0.6) is 0 Å². The van der Waals surface area contributed by atoms with E-state index in [9.17, 15) is 0 Å². The second-order valence-corrected chi connectivity index (χ2v) is 0.750. The first kappa shape index (κ1) is 9.54. The molecule has 1 heterocycles. The van der Waals surface area contributed by atoms with Crippen molar-refractivity contribution in [1.29, 1.82) is 0 Å². The topological polar surface area (TPSA) is 21.9 Å². The van der Waals surface area contributed by atoms with Crippen LogP contribution in [0.4, 0.5) is 0 Å². The molecule has 1 fully saturated rings. The standard InChI is InChI=1S/C2H5N.ClH.Na/c1-2-3-1;;/h3H,1-2H2;1H;/q;;+1/p-1. The molecule has 0 aromatic heterocycles. The summed E-state index contributed by atoms with van der Waals surface area (Å²) in [6, 6.07) is 0. The van der Waals surface area contributed by atoms with Gasteiger partial charge in [0.1, 0.15) is 0 Å². The molecule has 5 heavy (non-hydrogen) atoms. The van der Waals surface area contributed by atoms with E-state index in [1.165, 1.54) is 13.1 Å². The Bertz CT molecular complexity index is 14.4. The van der Waals surface area contributed by atoms with Gasteiger partial charge >= 0.3 is 29.6 Å². The second-order valence-electron chi connectivity index (χ2n) is 0.750. The van der Waals surface area contributed by atoms with Crippen LogP contribution in [-0.4, -0.2) is 13.1 Å². The van der Waals surface area contributed by atoms with Crippen LogP contribution in [0.3, 0.4) is 0 Å². The summed E-state index contributed by atoms with van der Waals surface area (Å²) in [4.78, 5) is 0. The summed E-state index contributed by atoms with van der Waals surface area (Å²) in [6.45, 7) is 2.50. The van der Waals surface area contributed by atoms with Crippen LogP contribution in [0.1, 0.15) is 0 Å². The van der Waals surface area contributed by atoms with Gasteiger partial charge in [0.15, 0.2) is 0 Å². The van der Waals surface area contributed by atoms with Crippen LogP contribution >= 0.6 is 0 Å². The SMILES string of the molecule is C1CN1.[Cl-].[Na+]. The molecule has 0 spiro atoms.